The van der Waals surface area contributed by atoms with Gasteiger partial charge < -0.3 is 35.2 Å². The number of ether oxygens (including phenoxy) is 2. The summed E-state index contributed by atoms with van der Waals surface area (Å²) in [5.41, 5.74) is -0.0774. The van der Waals surface area contributed by atoms with Crippen molar-refractivity contribution in [3.05, 3.63) is 53.9 Å². The molecule has 3 rings (SSSR count). The van der Waals surface area contributed by atoms with Crippen LogP contribution < -0.4 is 14.8 Å². The third kappa shape index (κ3) is 11.5. The van der Waals surface area contributed by atoms with Gasteiger partial charge in [-0.3, -0.25) is 19.5 Å². The molecule has 43 heavy (non-hydrogen) atoms. The van der Waals surface area contributed by atoms with E-state index in [-0.39, 0.29) is 11.1 Å². The molecule has 0 amide bonds. The van der Waals surface area contributed by atoms with E-state index in [2.05, 4.69) is 61.1 Å². The Balaban J connectivity index is 0.000000420. The molecular weight excluding hydrogens is 558 g/mol. The number of piperidine rings is 1. The van der Waals surface area contributed by atoms with Crippen molar-refractivity contribution in [3.8, 4) is 11.5 Å². The van der Waals surface area contributed by atoms with Crippen molar-refractivity contribution < 1.29 is 44.3 Å². The zero-order chi connectivity index (χ0) is 32.4. The molecule has 1 aliphatic heterocycles. The summed E-state index contributed by atoms with van der Waals surface area (Å²) in [6.45, 7) is 13.6. The minimum absolute atomic E-state index is 0.0932. The molecule has 238 valence electrons. The molecule has 0 atom stereocenters. The van der Waals surface area contributed by atoms with Crippen molar-refractivity contribution in [3.63, 3.8) is 0 Å². The Bertz CT molecular complexity index is 1200. The van der Waals surface area contributed by atoms with Crippen LogP contribution in [0.3, 0.4) is 0 Å². The van der Waals surface area contributed by atoms with Crippen LogP contribution in [0.2, 0.25) is 0 Å². The Morgan fingerprint density at radius 1 is 0.977 bits per heavy atom. The number of aliphatic carboxylic acids is 3. The molecule has 5 N–H and O–H groups in total. The number of hydrogen-bond donors (Lipinski definition) is 5. The normalized spacial score (nSPS) is 16.1. The van der Waals surface area contributed by atoms with Gasteiger partial charge in [0, 0.05) is 42.6 Å². The second-order valence-corrected chi connectivity index (χ2v) is 12.1. The number of nitrogens with one attached hydrogen (secondary N) is 1. The van der Waals surface area contributed by atoms with Crippen molar-refractivity contribution >= 4 is 17.9 Å². The number of benzene rings is 1. The van der Waals surface area contributed by atoms with Crippen molar-refractivity contribution in [1.82, 2.24) is 15.2 Å². The largest absolute Gasteiger partial charge is 0.493 e. The van der Waals surface area contributed by atoms with Gasteiger partial charge in [0.05, 0.1) is 26.6 Å². The number of aliphatic hydroxyl groups is 1. The first-order chi connectivity index (χ1) is 20.0. The van der Waals surface area contributed by atoms with Gasteiger partial charge in [0.1, 0.15) is 0 Å². The number of carboxylic acids is 3. The van der Waals surface area contributed by atoms with Gasteiger partial charge in [0.25, 0.3) is 0 Å². The van der Waals surface area contributed by atoms with Crippen LogP contribution in [0.25, 0.3) is 0 Å². The van der Waals surface area contributed by atoms with Gasteiger partial charge in [-0.25, -0.2) is 4.79 Å². The van der Waals surface area contributed by atoms with Crippen molar-refractivity contribution in [1.29, 1.82) is 0 Å². The highest BCUT2D eigenvalue weighted by atomic mass is 16.5. The van der Waals surface area contributed by atoms with Gasteiger partial charge in [0.2, 0.25) is 0 Å². The van der Waals surface area contributed by atoms with Crippen LogP contribution >= 0.6 is 0 Å². The topological polar surface area (TPSA) is 179 Å². The minimum atomic E-state index is -2.74. The quantitative estimate of drug-likeness (QED) is 0.225. The van der Waals surface area contributed by atoms with Crippen molar-refractivity contribution in [2.24, 2.45) is 0 Å². The maximum Gasteiger partial charge on any atom is 0.336 e. The van der Waals surface area contributed by atoms with Gasteiger partial charge in [-0.2, -0.15) is 0 Å². The summed E-state index contributed by atoms with van der Waals surface area (Å²) < 4.78 is 11.3. The number of pyridine rings is 1. The average Bonchev–Trinajstić information content (AvgIpc) is 2.87. The van der Waals surface area contributed by atoms with Gasteiger partial charge in [-0.1, -0.05) is 12.1 Å². The van der Waals surface area contributed by atoms with Crippen LogP contribution in [-0.4, -0.2) is 84.7 Å². The molecule has 1 aromatic heterocycles. The van der Waals surface area contributed by atoms with Crippen LogP contribution in [0.4, 0.5) is 0 Å². The van der Waals surface area contributed by atoms with Gasteiger partial charge in [0.15, 0.2) is 17.1 Å². The molecule has 1 aromatic carbocycles. The van der Waals surface area contributed by atoms with Crippen LogP contribution in [-0.2, 0) is 27.5 Å². The zero-order valence-corrected chi connectivity index (χ0v) is 25.8. The molecule has 0 bridgehead atoms. The van der Waals surface area contributed by atoms with E-state index >= 15 is 0 Å². The van der Waals surface area contributed by atoms with E-state index in [4.69, 9.17) is 29.9 Å². The third-order valence-corrected chi connectivity index (χ3v) is 6.99. The Morgan fingerprint density at radius 2 is 1.56 bits per heavy atom. The average molecular weight is 604 g/mol. The first kappa shape index (κ1) is 35.5. The lowest BCUT2D eigenvalue weighted by Crippen LogP contribution is -2.62. The molecule has 1 fully saturated rings. The lowest BCUT2D eigenvalue weighted by Gasteiger charge is -2.49. The second-order valence-electron chi connectivity index (χ2n) is 12.1. The van der Waals surface area contributed by atoms with Gasteiger partial charge in [-0.15, -0.1) is 0 Å². The number of aromatic nitrogens is 1. The molecule has 0 spiro atoms. The summed E-state index contributed by atoms with van der Waals surface area (Å²) in [4.78, 5) is 37.4. The molecule has 0 aliphatic carbocycles. The van der Waals surface area contributed by atoms with Crippen LogP contribution in [0.15, 0.2) is 42.7 Å². The molecule has 1 aliphatic rings. The summed E-state index contributed by atoms with van der Waals surface area (Å²) in [5, 5.41) is 37.6. The summed E-state index contributed by atoms with van der Waals surface area (Å²) in [6.07, 6.45) is 3.73. The molecular formula is C31H45N3O9. The molecule has 12 heteroatoms. The van der Waals surface area contributed by atoms with Crippen LogP contribution in [0, 0.1) is 0 Å². The van der Waals surface area contributed by atoms with E-state index in [0.29, 0.717) is 12.6 Å². The van der Waals surface area contributed by atoms with E-state index in [1.54, 1.807) is 7.11 Å². The van der Waals surface area contributed by atoms with Crippen molar-refractivity contribution in [2.45, 2.75) is 96.1 Å². The summed E-state index contributed by atoms with van der Waals surface area (Å²) >= 11 is 0. The standard InChI is InChI=1S/C25H37N3O2.C6H8O7/c1-7-30-23-13-19(10-11-22(23)29-6)17-28(18-20-9-8-12-26-16-20)21-14-24(2,3)27-25(4,5)15-21;7-3(8)1-6(13,5(11)12)2-4(9)10/h8-13,16,21,27H,7,14-15,17-18H2,1-6H3;13H,1-2H2,(H,7,8)(H,9,10)(H,11,12). The van der Waals surface area contributed by atoms with E-state index in [1.165, 1.54) is 11.1 Å². The Hall–Kier alpha value is -3.74. The van der Waals surface area contributed by atoms with E-state index in [0.717, 1.165) is 37.4 Å². The number of rotatable bonds is 13. The predicted octanol–water partition coefficient (Wildman–Crippen LogP) is 3.55. The monoisotopic (exact) mass is 603 g/mol. The first-order valence-corrected chi connectivity index (χ1v) is 14.1. The minimum Gasteiger partial charge on any atom is -0.493 e. The lowest BCUT2D eigenvalue weighted by molar-refractivity contribution is -0.170. The summed E-state index contributed by atoms with van der Waals surface area (Å²) in [5.74, 6) is -3.43. The highest BCUT2D eigenvalue weighted by Gasteiger charge is 2.41. The Kier molecular flexibility index (Phi) is 12.5. The fourth-order valence-electron chi connectivity index (χ4n) is 5.60. The summed E-state index contributed by atoms with van der Waals surface area (Å²) in [6, 6.07) is 10.9. The molecule has 0 radical (unpaired) electrons. The van der Waals surface area contributed by atoms with Gasteiger partial charge in [-0.05, 0) is 76.8 Å². The highest BCUT2D eigenvalue weighted by molar-refractivity contribution is 5.88. The SMILES string of the molecule is CCOc1cc(CN(Cc2cccnc2)C2CC(C)(C)NC(C)(C)C2)ccc1OC.O=C(O)CC(O)(CC(=O)O)C(=O)O. The number of nitrogens with zero attached hydrogens (tertiary/aromatic N) is 2. The highest BCUT2D eigenvalue weighted by Crippen LogP contribution is 2.34. The third-order valence-electron chi connectivity index (χ3n) is 6.99. The maximum absolute atomic E-state index is 10.3. The number of hydrogen-bond acceptors (Lipinski definition) is 9. The molecule has 1 saturated heterocycles. The molecule has 12 nitrogen and oxygen atoms in total. The van der Waals surface area contributed by atoms with Crippen molar-refractivity contribution in [2.75, 3.05) is 13.7 Å². The zero-order valence-electron chi connectivity index (χ0n) is 25.8. The lowest BCUT2D eigenvalue weighted by atomic mass is 9.79. The maximum atomic E-state index is 10.3. The second kappa shape index (κ2) is 15.1. The molecule has 2 heterocycles. The van der Waals surface area contributed by atoms with Crippen LogP contribution in [0.5, 0.6) is 11.5 Å². The Labute approximate surface area is 252 Å². The molecule has 0 saturated carbocycles. The van der Waals surface area contributed by atoms with Crippen LogP contribution in [0.1, 0.15) is 71.4 Å². The molecule has 0 unspecified atom stereocenters. The van der Waals surface area contributed by atoms with E-state index in [9.17, 15) is 14.4 Å². The fourth-order valence-corrected chi connectivity index (χ4v) is 5.60. The molecule has 2 aromatic rings. The first-order valence-electron chi connectivity index (χ1n) is 14.1. The smallest absolute Gasteiger partial charge is 0.336 e. The summed E-state index contributed by atoms with van der Waals surface area (Å²) in [7, 11) is 1.69. The number of carboxylic acid groups (broad SMARTS) is 3. The van der Waals surface area contributed by atoms with E-state index in [1.807, 2.05) is 31.5 Å². The Morgan fingerprint density at radius 3 is 2.02 bits per heavy atom. The number of methoxy groups -OCH3 is 1. The number of carbonyl (C=O) groups is 3. The predicted molar refractivity (Wildman–Crippen MR) is 159 cm³/mol. The fraction of sp³-hybridized carbons (Fsp3) is 0.548. The van der Waals surface area contributed by atoms with Gasteiger partial charge >= 0.3 is 17.9 Å². The van der Waals surface area contributed by atoms with E-state index < -0.39 is 36.4 Å².